The third-order valence-electron chi connectivity index (χ3n) is 4.03. The molecule has 114 valence electrons. The van der Waals surface area contributed by atoms with Crippen LogP contribution in [0.2, 0.25) is 0 Å². The van der Waals surface area contributed by atoms with E-state index in [9.17, 15) is 0 Å². The van der Waals surface area contributed by atoms with E-state index >= 15 is 0 Å². The molecule has 0 radical (unpaired) electrons. The van der Waals surface area contributed by atoms with Crippen LogP contribution < -0.4 is 10.6 Å². The van der Waals surface area contributed by atoms with Crippen molar-refractivity contribution in [3.63, 3.8) is 0 Å². The average molecular weight is 329 g/mol. The van der Waals surface area contributed by atoms with Gasteiger partial charge in [0, 0.05) is 16.3 Å². The minimum Gasteiger partial charge on any atom is -0.356 e. The summed E-state index contributed by atoms with van der Waals surface area (Å²) < 4.78 is 0. The summed E-state index contributed by atoms with van der Waals surface area (Å²) in [7, 11) is 0. The molecule has 0 unspecified atom stereocenters. The lowest BCUT2D eigenvalue weighted by molar-refractivity contribution is 0.614. The number of thiocarbonyl (C=S) groups is 1. The maximum Gasteiger partial charge on any atom is 0.171 e. The van der Waals surface area contributed by atoms with Gasteiger partial charge in [-0.1, -0.05) is 24.3 Å². The van der Waals surface area contributed by atoms with E-state index in [1.165, 1.54) is 21.6 Å². The first-order valence-corrected chi connectivity index (χ1v) is 8.89. The first-order valence-electron chi connectivity index (χ1n) is 7.50. The molecule has 2 aromatic carbocycles. The van der Waals surface area contributed by atoms with Crippen LogP contribution >= 0.6 is 24.0 Å². The highest BCUT2D eigenvalue weighted by molar-refractivity contribution is 7.99. The van der Waals surface area contributed by atoms with Crippen molar-refractivity contribution in [1.82, 2.24) is 5.32 Å². The lowest BCUT2D eigenvalue weighted by Gasteiger charge is -2.27. The second-order valence-electron chi connectivity index (χ2n) is 5.63. The lowest BCUT2D eigenvalue weighted by Crippen LogP contribution is -2.33. The van der Waals surface area contributed by atoms with E-state index < -0.39 is 0 Å². The Kier molecular flexibility index (Phi) is 4.69. The van der Waals surface area contributed by atoms with Crippen molar-refractivity contribution in [2.75, 3.05) is 11.1 Å². The van der Waals surface area contributed by atoms with E-state index in [4.69, 9.17) is 12.2 Å². The van der Waals surface area contributed by atoms with Gasteiger partial charge in [0.15, 0.2) is 5.11 Å². The Bertz CT molecular complexity index is 697. The van der Waals surface area contributed by atoms with Crippen LogP contribution in [0.25, 0.3) is 0 Å². The Morgan fingerprint density at radius 1 is 1.14 bits per heavy atom. The van der Waals surface area contributed by atoms with Gasteiger partial charge in [-0.15, -0.1) is 11.8 Å². The first kappa shape index (κ1) is 15.4. The molecule has 0 amide bonds. The smallest absolute Gasteiger partial charge is 0.171 e. The summed E-state index contributed by atoms with van der Waals surface area (Å²) in [5.74, 6) is 1.13. The Morgan fingerprint density at radius 2 is 1.95 bits per heavy atom. The molecule has 3 rings (SSSR count). The molecule has 0 bridgehead atoms. The topological polar surface area (TPSA) is 24.1 Å². The fourth-order valence-corrected chi connectivity index (χ4v) is 4.02. The van der Waals surface area contributed by atoms with E-state index in [1.54, 1.807) is 0 Å². The van der Waals surface area contributed by atoms with Crippen LogP contribution in [0.4, 0.5) is 5.69 Å². The Labute approximate surface area is 141 Å². The van der Waals surface area contributed by atoms with Crippen molar-refractivity contribution in [3.05, 3.63) is 59.2 Å². The van der Waals surface area contributed by atoms with Gasteiger partial charge in [-0.3, -0.25) is 0 Å². The molecule has 22 heavy (non-hydrogen) atoms. The van der Waals surface area contributed by atoms with Gasteiger partial charge in [0.05, 0.1) is 6.04 Å². The molecule has 1 aliphatic heterocycles. The van der Waals surface area contributed by atoms with Gasteiger partial charge in [-0.05, 0) is 67.4 Å². The van der Waals surface area contributed by atoms with Gasteiger partial charge in [0.25, 0.3) is 0 Å². The number of anilines is 1. The average Bonchev–Trinajstić information content (AvgIpc) is 2.51. The number of benzene rings is 2. The Hall–Kier alpha value is -1.52. The van der Waals surface area contributed by atoms with Crippen molar-refractivity contribution >= 4 is 34.8 Å². The number of rotatable bonds is 2. The number of hydrogen-bond donors (Lipinski definition) is 2. The van der Waals surface area contributed by atoms with E-state index in [-0.39, 0.29) is 0 Å². The number of fused-ring (bicyclic) bond motifs is 1. The van der Waals surface area contributed by atoms with Crippen molar-refractivity contribution in [2.24, 2.45) is 0 Å². The van der Waals surface area contributed by atoms with Crippen LogP contribution in [0.1, 0.15) is 29.2 Å². The summed E-state index contributed by atoms with van der Waals surface area (Å²) in [6.45, 7) is 4.23. The zero-order valence-electron chi connectivity index (χ0n) is 12.8. The quantitative estimate of drug-likeness (QED) is 0.771. The van der Waals surface area contributed by atoms with Gasteiger partial charge in [0.2, 0.25) is 0 Å². The van der Waals surface area contributed by atoms with Crippen LogP contribution in [0.15, 0.2) is 47.4 Å². The number of thioether (sulfide) groups is 1. The normalized spacial score (nSPS) is 16.7. The van der Waals surface area contributed by atoms with Crippen LogP contribution in [0.5, 0.6) is 0 Å². The zero-order chi connectivity index (χ0) is 15.5. The fraction of sp³-hybridized carbons (Fsp3) is 0.278. The van der Waals surface area contributed by atoms with Crippen LogP contribution in [0, 0.1) is 13.8 Å². The molecule has 1 aliphatic rings. The van der Waals surface area contributed by atoms with E-state index in [1.807, 2.05) is 11.8 Å². The van der Waals surface area contributed by atoms with Crippen molar-refractivity contribution in [2.45, 2.75) is 31.2 Å². The standard InChI is InChI=1S/C18H20N2S2/c1-12-7-8-14(11-13(12)2)19-18(21)20-16-9-10-22-17-6-4-3-5-15(16)17/h3-8,11,16H,9-10H2,1-2H3,(H2,19,20,21)/t16-/m0/s1. The third kappa shape index (κ3) is 3.45. The molecule has 4 heteroatoms. The third-order valence-corrected chi connectivity index (χ3v) is 5.37. The maximum absolute atomic E-state index is 5.49. The lowest BCUT2D eigenvalue weighted by atomic mass is 10.0. The molecule has 0 aromatic heterocycles. The summed E-state index contributed by atoms with van der Waals surface area (Å²) in [5, 5.41) is 7.46. The molecule has 2 nitrogen and oxygen atoms in total. The van der Waals surface area contributed by atoms with Crippen LogP contribution in [-0.2, 0) is 0 Å². The minimum atomic E-state index is 0.295. The molecular weight excluding hydrogens is 308 g/mol. The van der Waals surface area contributed by atoms with Gasteiger partial charge in [-0.2, -0.15) is 0 Å². The van der Waals surface area contributed by atoms with E-state index in [0.29, 0.717) is 11.2 Å². The van der Waals surface area contributed by atoms with Gasteiger partial charge < -0.3 is 10.6 Å². The molecule has 0 saturated heterocycles. The minimum absolute atomic E-state index is 0.295. The fourth-order valence-electron chi connectivity index (χ4n) is 2.64. The molecule has 2 aromatic rings. The van der Waals surface area contributed by atoms with E-state index in [2.05, 4.69) is 66.9 Å². The summed E-state index contributed by atoms with van der Waals surface area (Å²) in [5.41, 5.74) is 4.96. The summed E-state index contributed by atoms with van der Waals surface area (Å²) >= 11 is 7.42. The van der Waals surface area contributed by atoms with Crippen molar-refractivity contribution in [1.29, 1.82) is 0 Å². The predicted molar refractivity (Wildman–Crippen MR) is 99.8 cm³/mol. The van der Waals surface area contributed by atoms with Gasteiger partial charge in [0.1, 0.15) is 0 Å². The monoisotopic (exact) mass is 328 g/mol. The molecule has 0 saturated carbocycles. The number of hydrogen-bond acceptors (Lipinski definition) is 2. The number of aryl methyl sites for hydroxylation is 2. The SMILES string of the molecule is Cc1ccc(NC(=S)N[C@H]2CCSc3ccccc32)cc1C. The molecule has 0 aliphatic carbocycles. The Morgan fingerprint density at radius 3 is 2.77 bits per heavy atom. The summed E-state index contributed by atoms with van der Waals surface area (Å²) in [6, 6.07) is 15.2. The first-order chi connectivity index (χ1) is 10.6. The largest absolute Gasteiger partial charge is 0.356 e. The predicted octanol–water partition coefficient (Wildman–Crippen LogP) is 4.83. The molecular formula is C18H20N2S2. The maximum atomic E-state index is 5.49. The molecule has 1 atom stereocenters. The van der Waals surface area contributed by atoms with Gasteiger partial charge >= 0.3 is 0 Å². The summed E-state index contributed by atoms with van der Waals surface area (Å²) in [4.78, 5) is 1.36. The zero-order valence-corrected chi connectivity index (χ0v) is 14.5. The van der Waals surface area contributed by atoms with Crippen molar-refractivity contribution < 1.29 is 0 Å². The van der Waals surface area contributed by atoms with Crippen molar-refractivity contribution in [3.8, 4) is 0 Å². The van der Waals surface area contributed by atoms with Crippen LogP contribution in [0.3, 0.4) is 0 Å². The highest BCUT2D eigenvalue weighted by atomic mass is 32.2. The molecule has 0 fully saturated rings. The molecule has 2 N–H and O–H groups in total. The molecule has 1 heterocycles. The summed E-state index contributed by atoms with van der Waals surface area (Å²) in [6.07, 6.45) is 1.09. The highest BCUT2D eigenvalue weighted by Gasteiger charge is 2.20. The second kappa shape index (κ2) is 6.71. The number of nitrogens with one attached hydrogen (secondary N) is 2. The second-order valence-corrected chi connectivity index (χ2v) is 7.17. The van der Waals surface area contributed by atoms with E-state index in [0.717, 1.165) is 17.9 Å². The van der Waals surface area contributed by atoms with Crippen LogP contribution in [-0.4, -0.2) is 10.9 Å². The molecule has 0 spiro atoms. The Balaban J connectivity index is 1.69. The van der Waals surface area contributed by atoms with Gasteiger partial charge in [-0.25, -0.2) is 0 Å². The highest BCUT2D eigenvalue weighted by Crippen LogP contribution is 2.35.